The molecule has 0 bridgehead atoms. The van der Waals surface area contributed by atoms with Gasteiger partial charge in [0.2, 0.25) is 5.91 Å². The van der Waals surface area contributed by atoms with E-state index in [0.29, 0.717) is 6.61 Å². The fourth-order valence-corrected chi connectivity index (χ4v) is 1.09. The van der Waals surface area contributed by atoms with E-state index in [-0.39, 0.29) is 18.1 Å². The van der Waals surface area contributed by atoms with Gasteiger partial charge >= 0.3 is 0 Å². The number of alkyl halides is 1. The van der Waals surface area contributed by atoms with Crippen molar-refractivity contribution < 1.29 is 9.53 Å². The van der Waals surface area contributed by atoms with Crippen LogP contribution in [0.2, 0.25) is 0 Å². The third-order valence-electron chi connectivity index (χ3n) is 2.04. The SMILES string of the molecule is CCOCC(=O)N(C)C(C)(C)CBr. The number of likely N-dealkylation sites (N-methyl/N-ethyl adjacent to an activating group) is 1. The Morgan fingerprint density at radius 1 is 1.54 bits per heavy atom. The van der Waals surface area contributed by atoms with E-state index < -0.39 is 0 Å². The van der Waals surface area contributed by atoms with E-state index in [1.54, 1.807) is 11.9 Å². The summed E-state index contributed by atoms with van der Waals surface area (Å²) in [5.41, 5.74) is -0.159. The van der Waals surface area contributed by atoms with Gasteiger partial charge in [-0.3, -0.25) is 4.79 Å². The third-order valence-corrected chi connectivity index (χ3v) is 3.41. The van der Waals surface area contributed by atoms with E-state index in [9.17, 15) is 4.79 Å². The first-order chi connectivity index (χ1) is 5.95. The Kier molecular flexibility index (Phi) is 5.56. The highest BCUT2D eigenvalue weighted by molar-refractivity contribution is 9.09. The highest BCUT2D eigenvalue weighted by atomic mass is 79.9. The van der Waals surface area contributed by atoms with Gasteiger partial charge in [-0.1, -0.05) is 15.9 Å². The summed E-state index contributed by atoms with van der Waals surface area (Å²) in [6, 6.07) is 0. The second-order valence-electron chi connectivity index (χ2n) is 3.54. The first-order valence-electron chi connectivity index (χ1n) is 4.36. The Bertz CT molecular complexity index is 171. The second-order valence-corrected chi connectivity index (χ2v) is 4.10. The average molecular weight is 252 g/mol. The number of nitrogens with zero attached hydrogens (tertiary/aromatic N) is 1. The number of carbonyl (C=O) groups is 1. The minimum atomic E-state index is -0.159. The van der Waals surface area contributed by atoms with Crippen LogP contribution in [-0.4, -0.2) is 41.9 Å². The Labute approximate surface area is 88.6 Å². The minimum absolute atomic E-state index is 0.0197. The number of carbonyl (C=O) groups excluding carboxylic acids is 1. The van der Waals surface area contributed by atoms with Crippen molar-refractivity contribution in [1.29, 1.82) is 0 Å². The van der Waals surface area contributed by atoms with Gasteiger partial charge in [-0.05, 0) is 20.8 Å². The summed E-state index contributed by atoms with van der Waals surface area (Å²) >= 11 is 3.37. The van der Waals surface area contributed by atoms with Crippen LogP contribution in [0.1, 0.15) is 20.8 Å². The molecule has 13 heavy (non-hydrogen) atoms. The number of ether oxygens (including phenoxy) is 1. The number of halogens is 1. The van der Waals surface area contributed by atoms with Crippen LogP contribution in [0.5, 0.6) is 0 Å². The van der Waals surface area contributed by atoms with Crippen LogP contribution in [0.4, 0.5) is 0 Å². The summed E-state index contributed by atoms with van der Waals surface area (Å²) in [7, 11) is 1.79. The predicted octanol–water partition coefficient (Wildman–Crippen LogP) is 1.65. The lowest BCUT2D eigenvalue weighted by molar-refractivity contribution is -0.138. The van der Waals surface area contributed by atoms with Crippen molar-refractivity contribution in [2.24, 2.45) is 0 Å². The molecule has 0 heterocycles. The molecular weight excluding hydrogens is 234 g/mol. The monoisotopic (exact) mass is 251 g/mol. The summed E-state index contributed by atoms with van der Waals surface area (Å²) in [5, 5.41) is 0.758. The van der Waals surface area contributed by atoms with Crippen LogP contribution < -0.4 is 0 Å². The molecule has 4 heteroatoms. The molecular formula is C9H18BrNO2. The maximum atomic E-state index is 11.5. The zero-order valence-electron chi connectivity index (χ0n) is 8.76. The molecule has 78 valence electrons. The van der Waals surface area contributed by atoms with Crippen LogP contribution in [0.3, 0.4) is 0 Å². The lowest BCUT2D eigenvalue weighted by atomic mass is 10.1. The molecule has 0 saturated heterocycles. The highest BCUT2D eigenvalue weighted by Gasteiger charge is 2.25. The molecule has 0 rings (SSSR count). The van der Waals surface area contributed by atoms with Gasteiger partial charge in [-0.2, -0.15) is 0 Å². The second kappa shape index (κ2) is 5.60. The molecule has 0 fully saturated rings. The number of hydrogen-bond acceptors (Lipinski definition) is 2. The van der Waals surface area contributed by atoms with Gasteiger partial charge in [0, 0.05) is 24.5 Å². The Morgan fingerprint density at radius 3 is 2.46 bits per heavy atom. The van der Waals surface area contributed by atoms with Gasteiger partial charge in [-0.25, -0.2) is 0 Å². The van der Waals surface area contributed by atoms with Crippen molar-refractivity contribution in [2.75, 3.05) is 25.6 Å². The Hall–Kier alpha value is -0.0900. The molecule has 0 atom stereocenters. The normalized spacial score (nSPS) is 11.5. The van der Waals surface area contributed by atoms with Crippen LogP contribution in [0, 0.1) is 0 Å². The van der Waals surface area contributed by atoms with Gasteiger partial charge < -0.3 is 9.64 Å². The van der Waals surface area contributed by atoms with E-state index in [1.165, 1.54) is 0 Å². The largest absolute Gasteiger partial charge is 0.372 e. The van der Waals surface area contributed by atoms with E-state index in [1.807, 2.05) is 20.8 Å². The average Bonchev–Trinajstić information content (AvgIpc) is 2.12. The summed E-state index contributed by atoms with van der Waals surface area (Å²) in [6.45, 7) is 6.64. The van der Waals surface area contributed by atoms with Crippen LogP contribution in [-0.2, 0) is 9.53 Å². The third kappa shape index (κ3) is 4.09. The fraction of sp³-hybridized carbons (Fsp3) is 0.889. The zero-order chi connectivity index (χ0) is 10.5. The molecule has 0 aromatic carbocycles. The van der Waals surface area contributed by atoms with Crippen molar-refractivity contribution in [1.82, 2.24) is 4.90 Å². The molecule has 1 amide bonds. The maximum Gasteiger partial charge on any atom is 0.248 e. The van der Waals surface area contributed by atoms with Gasteiger partial charge in [0.05, 0.1) is 0 Å². The molecule has 0 aliphatic rings. The molecule has 0 aromatic heterocycles. The first kappa shape index (κ1) is 12.9. The topological polar surface area (TPSA) is 29.5 Å². The van der Waals surface area contributed by atoms with Crippen molar-refractivity contribution in [3.05, 3.63) is 0 Å². The van der Waals surface area contributed by atoms with Crippen molar-refractivity contribution in [3.63, 3.8) is 0 Å². The number of amides is 1. The van der Waals surface area contributed by atoms with E-state index in [4.69, 9.17) is 4.74 Å². The molecule has 3 nitrogen and oxygen atoms in total. The zero-order valence-corrected chi connectivity index (χ0v) is 10.3. The van der Waals surface area contributed by atoms with Gasteiger partial charge in [-0.15, -0.1) is 0 Å². The molecule has 0 spiro atoms. The Morgan fingerprint density at radius 2 is 2.08 bits per heavy atom. The van der Waals surface area contributed by atoms with Crippen molar-refractivity contribution in [3.8, 4) is 0 Å². The predicted molar refractivity (Wildman–Crippen MR) is 57.1 cm³/mol. The molecule has 0 N–H and O–H groups in total. The molecule has 0 aliphatic heterocycles. The van der Waals surface area contributed by atoms with Gasteiger partial charge in [0.25, 0.3) is 0 Å². The molecule has 0 aromatic rings. The van der Waals surface area contributed by atoms with Gasteiger partial charge in [0.15, 0.2) is 0 Å². The van der Waals surface area contributed by atoms with E-state index in [2.05, 4.69) is 15.9 Å². The maximum absolute atomic E-state index is 11.5. The lowest BCUT2D eigenvalue weighted by Gasteiger charge is -2.34. The number of hydrogen-bond donors (Lipinski definition) is 0. The fourth-order valence-electron chi connectivity index (χ4n) is 0.713. The molecule has 0 saturated carbocycles. The molecule has 0 aliphatic carbocycles. The van der Waals surface area contributed by atoms with Gasteiger partial charge in [0.1, 0.15) is 6.61 Å². The lowest BCUT2D eigenvalue weighted by Crippen LogP contribution is -2.47. The van der Waals surface area contributed by atoms with Crippen molar-refractivity contribution >= 4 is 21.8 Å². The number of rotatable bonds is 5. The summed E-state index contributed by atoms with van der Waals surface area (Å²) in [5.74, 6) is 0.0197. The highest BCUT2D eigenvalue weighted by Crippen LogP contribution is 2.15. The minimum Gasteiger partial charge on any atom is -0.372 e. The first-order valence-corrected chi connectivity index (χ1v) is 5.48. The summed E-state index contributed by atoms with van der Waals surface area (Å²) in [4.78, 5) is 13.2. The molecule has 0 unspecified atom stereocenters. The summed E-state index contributed by atoms with van der Waals surface area (Å²) in [6.07, 6.45) is 0. The van der Waals surface area contributed by atoms with E-state index >= 15 is 0 Å². The van der Waals surface area contributed by atoms with Crippen LogP contribution in [0.25, 0.3) is 0 Å². The Balaban J connectivity index is 4.09. The summed E-state index contributed by atoms with van der Waals surface area (Å²) < 4.78 is 5.05. The van der Waals surface area contributed by atoms with Crippen molar-refractivity contribution in [2.45, 2.75) is 26.3 Å². The van der Waals surface area contributed by atoms with Crippen LogP contribution in [0.15, 0.2) is 0 Å². The quantitative estimate of drug-likeness (QED) is 0.696. The molecule has 0 radical (unpaired) electrons. The van der Waals surface area contributed by atoms with Crippen LogP contribution >= 0.6 is 15.9 Å². The smallest absolute Gasteiger partial charge is 0.248 e. The van der Waals surface area contributed by atoms with E-state index in [0.717, 1.165) is 5.33 Å². The standard InChI is InChI=1S/C9H18BrNO2/c1-5-13-6-8(12)11(4)9(2,3)7-10/h5-7H2,1-4H3.